The van der Waals surface area contributed by atoms with Gasteiger partial charge in [0.15, 0.2) is 0 Å². The summed E-state index contributed by atoms with van der Waals surface area (Å²) < 4.78 is 0. The van der Waals surface area contributed by atoms with Crippen molar-refractivity contribution in [3.05, 3.63) is 0 Å². The fourth-order valence-electron chi connectivity index (χ4n) is 8.03. The van der Waals surface area contributed by atoms with E-state index in [-0.39, 0.29) is 0 Å². The number of hydrogen-bond acceptors (Lipinski definition) is 0. The highest BCUT2D eigenvalue weighted by Crippen LogP contribution is 2.55. The normalized spacial score (nSPS) is 57.4. The molecule has 0 spiro atoms. The molecule has 3 aliphatic rings. The predicted molar refractivity (Wildman–Crippen MR) is 120 cm³/mol. The van der Waals surface area contributed by atoms with Gasteiger partial charge in [-0.1, -0.05) is 62.3 Å². The molecule has 3 saturated carbocycles. The highest BCUT2D eigenvalue weighted by Gasteiger charge is 2.47. The summed E-state index contributed by atoms with van der Waals surface area (Å²) in [6.07, 6.45) is 7.56. The minimum atomic E-state index is 0.906. The minimum Gasteiger partial charge on any atom is -0.0622 e. The molecule has 0 aromatic carbocycles. The zero-order chi connectivity index (χ0) is 20.0. The summed E-state index contributed by atoms with van der Waals surface area (Å²) in [5, 5.41) is 0. The third-order valence-electron chi connectivity index (χ3n) is 11.1. The van der Waals surface area contributed by atoms with Gasteiger partial charge in [0.2, 0.25) is 0 Å². The van der Waals surface area contributed by atoms with E-state index in [1.165, 1.54) is 25.7 Å². The molecular weight excluding hydrogens is 324 g/mol. The maximum absolute atomic E-state index is 2.61. The highest BCUT2D eigenvalue weighted by atomic mass is 14.5. The van der Waals surface area contributed by atoms with E-state index in [0.717, 1.165) is 76.9 Å². The van der Waals surface area contributed by atoms with Crippen molar-refractivity contribution in [3.8, 4) is 0 Å². The average Bonchev–Trinajstić information content (AvgIpc) is 2.61. The summed E-state index contributed by atoms with van der Waals surface area (Å²) in [5.41, 5.74) is 0. The minimum absolute atomic E-state index is 0.906. The Morgan fingerprint density at radius 3 is 0.926 bits per heavy atom. The Morgan fingerprint density at radius 2 is 0.630 bits per heavy atom. The van der Waals surface area contributed by atoms with Crippen LogP contribution in [0.4, 0.5) is 0 Å². The first-order valence-electron chi connectivity index (χ1n) is 12.6. The van der Waals surface area contributed by atoms with Crippen molar-refractivity contribution in [1.82, 2.24) is 0 Å². The monoisotopic (exact) mass is 374 g/mol. The SMILES string of the molecule is CC1CC(C2CC(C3CC(C)C(C)C(C)C3)C(C)C(C)C2C)CC(C)C1C. The molecule has 0 aromatic rings. The molecule has 0 radical (unpaired) electrons. The van der Waals surface area contributed by atoms with Gasteiger partial charge in [0.05, 0.1) is 0 Å². The van der Waals surface area contributed by atoms with Gasteiger partial charge in [-0.2, -0.15) is 0 Å². The molecule has 0 amide bonds. The van der Waals surface area contributed by atoms with Crippen LogP contribution < -0.4 is 0 Å². The van der Waals surface area contributed by atoms with E-state index in [1.54, 1.807) is 6.42 Å². The Hall–Kier alpha value is 0. The van der Waals surface area contributed by atoms with Gasteiger partial charge < -0.3 is 0 Å². The molecule has 0 N–H and O–H groups in total. The molecule has 3 fully saturated rings. The van der Waals surface area contributed by atoms with Crippen molar-refractivity contribution >= 4 is 0 Å². The lowest BCUT2D eigenvalue weighted by Gasteiger charge is -2.53. The van der Waals surface area contributed by atoms with Crippen LogP contribution in [0.3, 0.4) is 0 Å². The van der Waals surface area contributed by atoms with E-state index in [9.17, 15) is 0 Å². The molecule has 8 unspecified atom stereocenters. The predicted octanol–water partition coefficient (Wildman–Crippen LogP) is 8.17. The number of hydrogen-bond donors (Lipinski definition) is 0. The second-order valence-electron chi connectivity index (χ2n) is 12.2. The molecular formula is C27H50. The lowest BCUT2D eigenvalue weighted by Crippen LogP contribution is -2.45. The molecule has 3 rings (SSSR count). The molecule has 158 valence electrons. The molecule has 27 heavy (non-hydrogen) atoms. The van der Waals surface area contributed by atoms with Crippen molar-refractivity contribution in [2.45, 2.75) is 94.4 Å². The van der Waals surface area contributed by atoms with Crippen LogP contribution in [0.5, 0.6) is 0 Å². The Bertz CT molecular complexity index is 414. The van der Waals surface area contributed by atoms with E-state index in [0.29, 0.717) is 0 Å². The molecule has 8 atom stereocenters. The van der Waals surface area contributed by atoms with Gasteiger partial charge in [0.1, 0.15) is 0 Å². The van der Waals surface area contributed by atoms with Gasteiger partial charge in [-0.3, -0.25) is 0 Å². The summed E-state index contributed by atoms with van der Waals surface area (Å²) >= 11 is 0. The summed E-state index contributed by atoms with van der Waals surface area (Å²) in [5.74, 6) is 12.3. The van der Waals surface area contributed by atoms with E-state index in [1.807, 2.05) is 0 Å². The van der Waals surface area contributed by atoms with Crippen LogP contribution in [0.25, 0.3) is 0 Å². The van der Waals surface area contributed by atoms with Crippen LogP contribution in [0.1, 0.15) is 94.4 Å². The topological polar surface area (TPSA) is 0 Å². The molecule has 0 heteroatoms. The van der Waals surface area contributed by atoms with Gasteiger partial charge >= 0.3 is 0 Å². The van der Waals surface area contributed by atoms with Crippen LogP contribution in [-0.4, -0.2) is 0 Å². The molecule has 0 aliphatic heterocycles. The van der Waals surface area contributed by atoms with Crippen molar-refractivity contribution in [2.75, 3.05) is 0 Å². The maximum Gasteiger partial charge on any atom is -0.0354 e. The largest absolute Gasteiger partial charge is 0.0622 e. The summed E-state index contributed by atoms with van der Waals surface area (Å²) in [6.45, 7) is 23.0. The van der Waals surface area contributed by atoms with E-state index >= 15 is 0 Å². The zero-order valence-electron chi connectivity index (χ0n) is 20.0. The van der Waals surface area contributed by atoms with Crippen molar-refractivity contribution < 1.29 is 0 Å². The van der Waals surface area contributed by atoms with Gasteiger partial charge in [0, 0.05) is 0 Å². The molecule has 0 bridgehead atoms. The molecule has 0 saturated heterocycles. The van der Waals surface area contributed by atoms with Crippen LogP contribution in [-0.2, 0) is 0 Å². The Kier molecular flexibility index (Phi) is 6.75. The summed E-state index contributed by atoms with van der Waals surface area (Å²) in [7, 11) is 0. The quantitative estimate of drug-likeness (QED) is 0.457. The smallest absolute Gasteiger partial charge is 0.0354 e. The summed E-state index contributed by atoms with van der Waals surface area (Å²) in [4.78, 5) is 0. The van der Waals surface area contributed by atoms with E-state index in [2.05, 4.69) is 62.3 Å². The zero-order valence-corrected chi connectivity index (χ0v) is 20.0. The van der Waals surface area contributed by atoms with E-state index < -0.39 is 0 Å². The van der Waals surface area contributed by atoms with Crippen molar-refractivity contribution in [1.29, 1.82) is 0 Å². The fraction of sp³-hybridized carbons (Fsp3) is 1.00. The van der Waals surface area contributed by atoms with Gasteiger partial charge in [-0.05, 0) is 109 Å². The first kappa shape index (κ1) is 21.7. The van der Waals surface area contributed by atoms with Crippen LogP contribution >= 0.6 is 0 Å². The van der Waals surface area contributed by atoms with Crippen molar-refractivity contribution in [2.24, 2.45) is 76.9 Å². The lowest BCUT2D eigenvalue weighted by atomic mass is 9.52. The van der Waals surface area contributed by atoms with Gasteiger partial charge in [-0.25, -0.2) is 0 Å². The van der Waals surface area contributed by atoms with Gasteiger partial charge in [-0.15, -0.1) is 0 Å². The Balaban J connectivity index is 1.77. The second-order valence-corrected chi connectivity index (χ2v) is 12.2. The standard InChI is InChI=1S/C27H50/c1-15-10-24(11-16(2)19(15)5)26-14-27(23(9)21(7)22(26)8)25-12-17(3)20(6)18(4)13-25/h15-27H,10-14H2,1-9H3. The maximum atomic E-state index is 2.61. The molecule has 3 aliphatic carbocycles. The first-order valence-corrected chi connectivity index (χ1v) is 12.6. The fourth-order valence-corrected chi connectivity index (χ4v) is 8.03. The Morgan fingerprint density at radius 1 is 0.333 bits per heavy atom. The van der Waals surface area contributed by atoms with E-state index in [4.69, 9.17) is 0 Å². The third-order valence-corrected chi connectivity index (χ3v) is 11.1. The van der Waals surface area contributed by atoms with Crippen molar-refractivity contribution in [3.63, 3.8) is 0 Å². The Labute approximate surface area is 171 Å². The second kappa shape index (κ2) is 8.39. The summed E-state index contributed by atoms with van der Waals surface area (Å²) in [6, 6.07) is 0. The first-order chi connectivity index (χ1) is 12.6. The van der Waals surface area contributed by atoms with Gasteiger partial charge in [0.25, 0.3) is 0 Å². The van der Waals surface area contributed by atoms with Crippen LogP contribution in [0, 0.1) is 76.9 Å². The highest BCUT2D eigenvalue weighted by molar-refractivity contribution is 4.96. The third kappa shape index (κ3) is 4.16. The molecule has 0 nitrogen and oxygen atoms in total. The molecule has 0 heterocycles. The average molecular weight is 375 g/mol. The molecule has 0 aromatic heterocycles. The van der Waals surface area contributed by atoms with Crippen LogP contribution in [0.2, 0.25) is 0 Å². The van der Waals surface area contributed by atoms with Crippen LogP contribution in [0.15, 0.2) is 0 Å². The number of rotatable bonds is 2. The lowest BCUT2D eigenvalue weighted by molar-refractivity contribution is -0.0388.